The Balaban J connectivity index is 1.70. The van der Waals surface area contributed by atoms with E-state index in [2.05, 4.69) is 38.6 Å². The Morgan fingerprint density at radius 1 is 1.10 bits per heavy atom. The van der Waals surface area contributed by atoms with Crippen molar-refractivity contribution in [2.45, 2.75) is 20.5 Å². The van der Waals surface area contributed by atoms with Gasteiger partial charge in [0.1, 0.15) is 6.61 Å². The molecule has 0 atom stereocenters. The molecule has 0 aliphatic rings. The molecule has 0 aliphatic carbocycles. The van der Waals surface area contributed by atoms with Crippen LogP contribution >= 0.6 is 15.9 Å². The van der Waals surface area contributed by atoms with E-state index in [4.69, 9.17) is 9.47 Å². The normalized spacial score (nSPS) is 10.8. The van der Waals surface area contributed by atoms with Gasteiger partial charge in [0, 0.05) is 5.56 Å². The quantitative estimate of drug-likeness (QED) is 0.373. The molecule has 1 amide bonds. The first-order chi connectivity index (χ1) is 14.5. The fourth-order valence-electron chi connectivity index (χ4n) is 2.85. The number of hydrazone groups is 1. The maximum atomic E-state index is 12.3. The molecule has 0 radical (unpaired) electrons. The zero-order chi connectivity index (χ0) is 21.5. The molecule has 3 aromatic carbocycles. The average Bonchev–Trinajstić information content (AvgIpc) is 2.74. The fraction of sp³-hybridized carbons (Fsp3) is 0.167. The zero-order valence-electron chi connectivity index (χ0n) is 17.1. The van der Waals surface area contributed by atoms with E-state index in [1.165, 1.54) is 5.56 Å². The first-order valence-corrected chi connectivity index (χ1v) is 10.2. The second-order valence-electron chi connectivity index (χ2n) is 6.82. The summed E-state index contributed by atoms with van der Waals surface area (Å²) >= 11 is 3.54. The summed E-state index contributed by atoms with van der Waals surface area (Å²) in [5.74, 6) is 0.927. The fourth-order valence-corrected chi connectivity index (χ4v) is 3.42. The number of carbonyl (C=O) groups excluding carboxylic acids is 1. The highest BCUT2D eigenvalue weighted by atomic mass is 79.9. The highest BCUT2D eigenvalue weighted by Gasteiger charge is 2.12. The SMILES string of the molecule is COc1cc(/C=N\NC(=O)c2ccccc2C)cc(Br)c1OCc1ccc(C)cc1. The van der Waals surface area contributed by atoms with Crippen molar-refractivity contribution in [3.05, 3.63) is 93.0 Å². The van der Waals surface area contributed by atoms with Crippen molar-refractivity contribution in [3.63, 3.8) is 0 Å². The number of benzene rings is 3. The molecule has 3 rings (SSSR count). The van der Waals surface area contributed by atoms with Gasteiger partial charge in [0.15, 0.2) is 11.5 Å². The molecule has 0 aliphatic heterocycles. The van der Waals surface area contributed by atoms with Crippen molar-refractivity contribution >= 4 is 28.1 Å². The van der Waals surface area contributed by atoms with E-state index in [-0.39, 0.29) is 5.91 Å². The van der Waals surface area contributed by atoms with Crippen LogP contribution in [0.4, 0.5) is 0 Å². The van der Waals surface area contributed by atoms with Gasteiger partial charge in [-0.2, -0.15) is 5.10 Å². The van der Waals surface area contributed by atoms with Gasteiger partial charge >= 0.3 is 0 Å². The first-order valence-electron chi connectivity index (χ1n) is 9.43. The molecule has 1 N–H and O–H groups in total. The van der Waals surface area contributed by atoms with Crippen LogP contribution in [0, 0.1) is 13.8 Å². The molecule has 5 nitrogen and oxygen atoms in total. The summed E-state index contributed by atoms with van der Waals surface area (Å²) in [7, 11) is 1.58. The standard InChI is InChI=1S/C24H23BrN2O3/c1-16-8-10-18(11-9-16)15-30-23-21(25)12-19(13-22(23)29-3)14-26-27-24(28)20-7-5-4-6-17(20)2/h4-14H,15H2,1-3H3,(H,27,28)/b26-14-. The number of nitrogens with zero attached hydrogens (tertiary/aromatic N) is 1. The van der Waals surface area contributed by atoms with Crippen LogP contribution in [0.3, 0.4) is 0 Å². The Bertz CT molecular complexity index is 1060. The summed E-state index contributed by atoms with van der Waals surface area (Å²) in [5.41, 5.74) is 7.07. The number of halogens is 1. The highest BCUT2D eigenvalue weighted by molar-refractivity contribution is 9.10. The third kappa shape index (κ3) is 5.48. The van der Waals surface area contributed by atoms with E-state index in [0.717, 1.165) is 21.2 Å². The molecule has 0 aromatic heterocycles. The number of carbonyl (C=O) groups is 1. The lowest BCUT2D eigenvalue weighted by Gasteiger charge is -2.13. The molecular weight excluding hydrogens is 444 g/mol. The minimum atomic E-state index is -0.256. The van der Waals surface area contributed by atoms with Crippen molar-refractivity contribution in [2.24, 2.45) is 5.10 Å². The van der Waals surface area contributed by atoms with Crippen LogP contribution in [0.1, 0.15) is 32.6 Å². The Hall–Kier alpha value is -3.12. The third-order valence-electron chi connectivity index (χ3n) is 4.52. The summed E-state index contributed by atoms with van der Waals surface area (Å²) < 4.78 is 12.2. The Labute approximate surface area is 184 Å². The number of rotatable bonds is 7. The zero-order valence-corrected chi connectivity index (χ0v) is 18.7. The number of hydrogen-bond donors (Lipinski definition) is 1. The van der Waals surface area contributed by atoms with Crippen molar-refractivity contribution < 1.29 is 14.3 Å². The molecule has 0 fully saturated rings. The number of aryl methyl sites for hydroxylation is 2. The highest BCUT2D eigenvalue weighted by Crippen LogP contribution is 2.36. The predicted octanol–water partition coefficient (Wildman–Crippen LogP) is 5.42. The monoisotopic (exact) mass is 466 g/mol. The van der Waals surface area contributed by atoms with Crippen molar-refractivity contribution in [2.75, 3.05) is 7.11 Å². The van der Waals surface area contributed by atoms with E-state index in [1.54, 1.807) is 25.5 Å². The second kappa shape index (κ2) is 10.1. The third-order valence-corrected chi connectivity index (χ3v) is 5.11. The number of ether oxygens (including phenoxy) is 2. The summed E-state index contributed by atoms with van der Waals surface area (Å²) in [6.45, 7) is 4.36. The number of nitrogens with one attached hydrogen (secondary N) is 1. The molecule has 6 heteroatoms. The second-order valence-corrected chi connectivity index (χ2v) is 7.68. The van der Waals surface area contributed by atoms with Gasteiger partial charge in [0.05, 0.1) is 17.8 Å². The number of amides is 1. The van der Waals surface area contributed by atoms with Gasteiger partial charge in [-0.05, 0) is 64.7 Å². The number of hydrogen-bond acceptors (Lipinski definition) is 4. The number of methoxy groups -OCH3 is 1. The van der Waals surface area contributed by atoms with Gasteiger partial charge in [0.25, 0.3) is 5.91 Å². The van der Waals surface area contributed by atoms with E-state index in [1.807, 2.05) is 50.2 Å². The largest absolute Gasteiger partial charge is 0.493 e. The van der Waals surface area contributed by atoms with Gasteiger partial charge < -0.3 is 9.47 Å². The summed E-state index contributed by atoms with van der Waals surface area (Å²) in [5, 5.41) is 4.07. The van der Waals surface area contributed by atoms with Gasteiger partial charge in [-0.25, -0.2) is 5.43 Å². The molecule has 154 valence electrons. The lowest BCUT2D eigenvalue weighted by molar-refractivity contribution is 0.0954. The maximum Gasteiger partial charge on any atom is 0.271 e. The maximum absolute atomic E-state index is 12.3. The van der Waals surface area contributed by atoms with Gasteiger partial charge in [-0.3, -0.25) is 4.79 Å². The van der Waals surface area contributed by atoms with E-state index in [9.17, 15) is 4.79 Å². The predicted molar refractivity (Wildman–Crippen MR) is 122 cm³/mol. The summed E-state index contributed by atoms with van der Waals surface area (Å²) in [6, 6.07) is 19.2. The van der Waals surface area contributed by atoms with Gasteiger partial charge in [-0.15, -0.1) is 0 Å². The minimum absolute atomic E-state index is 0.256. The molecule has 0 saturated heterocycles. The molecular formula is C24H23BrN2O3. The molecule has 0 spiro atoms. The van der Waals surface area contributed by atoms with Crippen LogP contribution in [0.15, 0.2) is 70.2 Å². The Morgan fingerprint density at radius 2 is 1.83 bits per heavy atom. The van der Waals surface area contributed by atoms with Crippen LogP contribution in [-0.4, -0.2) is 19.2 Å². The van der Waals surface area contributed by atoms with Gasteiger partial charge in [-0.1, -0.05) is 48.0 Å². The van der Waals surface area contributed by atoms with Crippen molar-refractivity contribution in [3.8, 4) is 11.5 Å². The van der Waals surface area contributed by atoms with Crippen molar-refractivity contribution in [1.29, 1.82) is 0 Å². The van der Waals surface area contributed by atoms with Crippen LogP contribution in [0.25, 0.3) is 0 Å². The topological polar surface area (TPSA) is 59.9 Å². The molecule has 0 heterocycles. The first kappa shape index (κ1) is 21.6. The van der Waals surface area contributed by atoms with E-state index >= 15 is 0 Å². The van der Waals surface area contributed by atoms with Crippen molar-refractivity contribution in [1.82, 2.24) is 5.43 Å². The summed E-state index contributed by atoms with van der Waals surface area (Å²) in [4.78, 5) is 12.3. The molecule has 0 saturated carbocycles. The van der Waals surface area contributed by atoms with E-state index in [0.29, 0.717) is 23.7 Å². The van der Waals surface area contributed by atoms with Crippen LogP contribution < -0.4 is 14.9 Å². The molecule has 0 bridgehead atoms. The smallest absolute Gasteiger partial charge is 0.271 e. The van der Waals surface area contributed by atoms with Crippen LogP contribution in [-0.2, 0) is 6.61 Å². The summed E-state index contributed by atoms with van der Waals surface area (Å²) in [6.07, 6.45) is 1.56. The molecule has 0 unspecified atom stereocenters. The van der Waals surface area contributed by atoms with Crippen LogP contribution in [0.5, 0.6) is 11.5 Å². The lowest BCUT2D eigenvalue weighted by Crippen LogP contribution is -2.18. The Kier molecular flexibility index (Phi) is 7.25. The van der Waals surface area contributed by atoms with E-state index < -0.39 is 0 Å². The van der Waals surface area contributed by atoms with Crippen LogP contribution in [0.2, 0.25) is 0 Å². The van der Waals surface area contributed by atoms with Gasteiger partial charge in [0.2, 0.25) is 0 Å². The Morgan fingerprint density at radius 3 is 2.53 bits per heavy atom. The average molecular weight is 467 g/mol. The molecule has 3 aromatic rings. The lowest BCUT2D eigenvalue weighted by atomic mass is 10.1. The minimum Gasteiger partial charge on any atom is -0.493 e. The molecule has 30 heavy (non-hydrogen) atoms.